The molecule has 1 aliphatic carbocycles. The lowest BCUT2D eigenvalue weighted by Gasteiger charge is -2.13. The van der Waals surface area contributed by atoms with Gasteiger partial charge in [-0.15, -0.1) is 0 Å². The molecule has 0 heterocycles. The summed E-state index contributed by atoms with van der Waals surface area (Å²) in [5, 5.41) is 19.8. The number of aliphatic hydroxyl groups is 1. The van der Waals surface area contributed by atoms with E-state index in [4.69, 9.17) is 10.2 Å². The Kier molecular flexibility index (Phi) is 2.84. The second kappa shape index (κ2) is 3.69. The number of carboxylic acid groups (broad SMARTS) is 1. The molecule has 1 unspecified atom stereocenters. The van der Waals surface area contributed by atoms with Crippen molar-refractivity contribution < 1.29 is 15.0 Å². The predicted octanol–water partition coefficient (Wildman–Crippen LogP) is -0.0784. The monoisotopic (exact) mass is 159 g/mol. The standard InChI is InChI=1S/C7H13NO3/c9-6(7(10)11)8-5-3-1-2-4-5/h5-6,8-9H,1-4H2,(H,10,11). The lowest BCUT2D eigenvalue weighted by atomic mass is 10.2. The van der Waals surface area contributed by atoms with Crippen molar-refractivity contribution in [1.29, 1.82) is 0 Å². The van der Waals surface area contributed by atoms with Gasteiger partial charge in [-0.2, -0.15) is 0 Å². The molecule has 11 heavy (non-hydrogen) atoms. The minimum absolute atomic E-state index is 0.195. The van der Waals surface area contributed by atoms with Crippen LogP contribution >= 0.6 is 0 Å². The van der Waals surface area contributed by atoms with Gasteiger partial charge in [0.25, 0.3) is 0 Å². The van der Waals surface area contributed by atoms with Crippen LogP contribution in [0.4, 0.5) is 0 Å². The Morgan fingerprint density at radius 3 is 2.45 bits per heavy atom. The van der Waals surface area contributed by atoms with E-state index in [9.17, 15) is 4.79 Å². The minimum Gasteiger partial charge on any atom is -0.478 e. The summed E-state index contributed by atoms with van der Waals surface area (Å²) in [6, 6.07) is 0.195. The molecule has 64 valence electrons. The van der Waals surface area contributed by atoms with Crippen molar-refractivity contribution in [1.82, 2.24) is 5.32 Å². The van der Waals surface area contributed by atoms with E-state index in [2.05, 4.69) is 5.32 Å². The molecule has 0 amide bonds. The van der Waals surface area contributed by atoms with Crippen LogP contribution in [0.15, 0.2) is 0 Å². The molecule has 4 nitrogen and oxygen atoms in total. The van der Waals surface area contributed by atoms with Gasteiger partial charge in [0.15, 0.2) is 0 Å². The summed E-state index contributed by atoms with van der Waals surface area (Å²) in [6.07, 6.45) is 2.82. The molecule has 0 spiro atoms. The van der Waals surface area contributed by atoms with Gasteiger partial charge < -0.3 is 10.2 Å². The van der Waals surface area contributed by atoms with E-state index in [1.165, 1.54) is 0 Å². The van der Waals surface area contributed by atoms with Crippen molar-refractivity contribution in [2.45, 2.75) is 38.0 Å². The first-order valence-corrected chi connectivity index (χ1v) is 3.87. The van der Waals surface area contributed by atoms with Gasteiger partial charge in [-0.1, -0.05) is 12.8 Å². The first-order chi connectivity index (χ1) is 5.20. The lowest BCUT2D eigenvalue weighted by Crippen LogP contribution is -2.41. The molecule has 3 N–H and O–H groups in total. The maximum absolute atomic E-state index is 10.2. The molecular weight excluding hydrogens is 146 g/mol. The molecule has 0 radical (unpaired) electrons. The van der Waals surface area contributed by atoms with E-state index in [0.717, 1.165) is 25.7 Å². The Labute approximate surface area is 65.2 Å². The van der Waals surface area contributed by atoms with Crippen LogP contribution in [0.5, 0.6) is 0 Å². The Morgan fingerprint density at radius 1 is 1.45 bits per heavy atom. The second-order valence-corrected chi connectivity index (χ2v) is 2.89. The average Bonchev–Trinajstić information content (AvgIpc) is 2.39. The van der Waals surface area contributed by atoms with E-state index >= 15 is 0 Å². The molecule has 1 atom stereocenters. The maximum Gasteiger partial charge on any atom is 0.347 e. The van der Waals surface area contributed by atoms with Gasteiger partial charge in [0.1, 0.15) is 0 Å². The van der Waals surface area contributed by atoms with E-state index in [1.54, 1.807) is 0 Å². The third-order valence-electron chi connectivity index (χ3n) is 1.98. The van der Waals surface area contributed by atoms with Crippen molar-refractivity contribution in [3.8, 4) is 0 Å². The van der Waals surface area contributed by atoms with Crippen LogP contribution in [0.3, 0.4) is 0 Å². The van der Waals surface area contributed by atoms with Gasteiger partial charge in [-0.25, -0.2) is 4.79 Å². The zero-order valence-electron chi connectivity index (χ0n) is 6.29. The van der Waals surface area contributed by atoms with Crippen LogP contribution in [0.25, 0.3) is 0 Å². The average molecular weight is 159 g/mol. The summed E-state index contributed by atoms with van der Waals surface area (Å²) in [4.78, 5) is 10.2. The van der Waals surface area contributed by atoms with Gasteiger partial charge in [-0.05, 0) is 12.8 Å². The zero-order valence-corrected chi connectivity index (χ0v) is 6.29. The SMILES string of the molecule is O=C(O)C(O)NC1CCCC1. The molecule has 0 bridgehead atoms. The number of nitrogens with one attached hydrogen (secondary N) is 1. The highest BCUT2D eigenvalue weighted by molar-refractivity contribution is 5.71. The van der Waals surface area contributed by atoms with Gasteiger partial charge in [0, 0.05) is 6.04 Å². The summed E-state index contributed by atoms with van der Waals surface area (Å²) in [5.74, 6) is -1.20. The molecular formula is C7H13NO3. The fourth-order valence-electron chi connectivity index (χ4n) is 1.39. The number of aliphatic carboxylic acids is 1. The number of hydrogen-bond donors (Lipinski definition) is 3. The van der Waals surface area contributed by atoms with Gasteiger partial charge in [0.05, 0.1) is 0 Å². The number of carboxylic acids is 1. The number of hydrogen-bond acceptors (Lipinski definition) is 3. The quantitative estimate of drug-likeness (QED) is 0.504. The molecule has 1 fully saturated rings. The highest BCUT2D eigenvalue weighted by Crippen LogP contribution is 2.17. The van der Waals surface area contributed by atoms with E-state index in [1.807, 2.05) is 0 Å². The molecule has 0 saturated heterocycles. The van der Waals surface area contributed by atoms with Gasteiger partial charge >= 0.3 is 5.97 Å². The Bertz CT molecular complexity index is 143. The van der Waals surface area contributed by atoms with Crippen LogP contribution in [0.2, 0.25) is 0 Å². The van der Waals surface area contributed by atoms with E-state index in [-0.39, 0.29) is 6.04 Å². The van der Waals surface area contributed by atoms with Crippen molar-refractivity contribution in [2.75, 3.05) is 0 Å². The summed E-state index contributed by atoms with van der Waals surface area (Å²) >= 11 is 0. The molecule has 1 aliphatic rings. The van der Waals surface area contributed by atoms with Crippen molar-refractivity contribution in [2.24, 2.45) is 0 Å². The summed E-state index contributed by atoms with van der Waals surface area (Å²) in [5.41, 5.74) is 0. The normalized spacial score (nSPS) is 21.9. The number of aliphatic hydroxyl groups excluding tert-OH is 1. The lowest BCUT2D eigenvalue weighted by molar-refractivity contribution is -0.148. The summed E-state index contributed by atoms with van der Waals surface area (Å²) < 4.78 is 0. The first kappa shape index (κ1) is 8.49. The highest BCUT2D eigenvalue weighted by Gasteiger charge is 2.20. The van der Waals surface area contributed by atoms with Crippen LogP contribution in [-0.4, -0.2) is 28.5 Å². The maximum atomic E-state index is 10.2. The third kappa shape index (κ3) is 2.48. The third-order valence-corrected chi connectivity index (χ3v) is 1.98. The van der Waals surface area contributed by atoms with Crippen molar-refractivity contribution in [3.63, 3.8) is 0 Å². The number of carbonyl (C=O) groups is 1. The van der Waals surface area contributed by atoms with E-state index in [0.29, 0.717) is 0 Å². The van der Waals surface area contributed by atoms with Crippen LogP contribution < -0.4 is 5.32 Å². The Morgan fingerprint density at radius 2 is 2.00 bits per heavy atom. The topological polar surface area (TPSA) is 69.6 Å². The zero-order chi connectivity index (χ0) is 8.27. The minimum atomic E-state index is -1.39. The first-order valence-electron chi connectivity index (χ1n) is 3.87. The van der Waals surface area contributed by atoms with Crippen molar-refractivity contribution >= 4 is 5.97 Å². The largest absolute Gasteiger partial charge is 0.478 e. The Hall–Kier alpha value is -0.610. The van der Waals surface area contributed by atoms with E-state index < -0.39 is 12.2 Å². The molecule has 0 aromatic heterocycles. The summed E-state index contributed by atoms with van der Waals surface area (Å²) in [6.45, 7) is 0. The second-order valence-electron chi connectivity index (χ2n) is 2.89. The molecule has 1 rings (SSSR count). The van der Waals surface area contributed by atoms with Crippen LogP contribution in [-0.2, 0) is 4.79 Å². The fraction of sp³-hybridized carbons (Fsp3) is 0.857. The predicted molar refractivity (Wildman–Crippen MR) is 39.0 cm³/mol. The molecule has 0 aliphatic heterocycles. The van der Waals surface area contributed by atoms with Gasteiger partial charge in [0.2, 0.25) is 6.23 Å². The van der Waals surface area contributed by atoms with Crippen LogP contribution in [0.1, 0.15) is 25.7 Å². The Balaban J connectivity index is 2.23. The molecule has 0 aromatic rings. The molecule has 1 saturated carbocycles. The smallest absolute Gasteiger partial charge is 0.347 e. The highest BCUT2D eigenvalue weighted by atomic mass is 16.4. The molecule has 4 heteroatoms. The van der Waals surface area contributed by atoms with Crippen molar-refractivity contribution in [3.05, 3.63) is 0 Å². The van der Waals surface area contributed by atoms with Crippen LogP contribution in [0, 0.1) is 0 Å². The summed E-state index contributed by atoms with van der Waals surface area (Å²) in [7, 11) is 0. The number of rotatable bonds is 3. The van der Waals surface area contributed by atoms with Gasteiger partial charge in [-0.3, -0.25) is 5.32 Å². The fourth-order valence-corrected chi connectivity index (χ4v) is 1.39. The molecule has 0 aromatic carbocycles.